The molecule has 0 bridgehead atoms. The SMILES string of the molecule is CC[C@@H](Oc1cccc(C)c1)C(=O)N(C)Cc1ccc(OC)cc1. The molecule has 0 radical (unpaired) electrons. The highest BCUT2D eigenvalue weighted by atomic mass is 16.5. The number of carbonyl (C=O) groups is 1. The molecule has 4 nitrogen and oxygen atoms in total. The summed E-state index contributed by atoms with van der Waals surface area (Å²) in [5.74, 6) is 1.52. The molecule has 1 amide bonds. The smallest absolute Gasteiger partial charge is 0.263 e. The van der Waals surface area contributed by atoms with Crippen LogP contribution in [0.3, 0.4) is 0 Å². The van der Waals surface area contributed by atoms with Gasteiger partial charge in [-0.15, -0.1) is 0 Å². The lowest BCUT2D eigenvalue weighted by atomic mass is 10.2. The number of amides is 1. The van der Waals surface area contributed by atoms with Crippen LogP contribution < -0.4 is 9.47 Å². The van der Waals surface area contributed by atoms with Gasteiger partial charge in [-0.05, 0) is 48.7 Å². The molecule has 2 rings (SSSR count). The monoisotopic (exact) mass is 327 g/mol. The fraction of sp³-hybridized carbons (Fsp3) is 0.350. The van der Waals surface area contributed by atoms with Crippen molar-refractivity contribution < 1.29 is 14.3 Å². The predicted octanol–water partition coefficient (Wildman–Crippen LogP) is 3.82. The van der Waals surface area contributed by atoms with Crippen LogP contribution >= 0.6 is 0 Å². The van der Waals surface area contributed by atoms with E-state index in [4.69, 9.17) is 9.47 Å². The Hall–Kier alpha value is -2.49. The average molecular weight is 327 g/mol. The fourth-order valence-electron chi connectivity index (χ4n) is 2.49. The van der Waals surface area contributed by atoms with Crippen LogP contribution in [0.25, 0.3) is 0 Å². The molecule has 128 valence electrons. The summed E-state index contributed by atoms with van der Waals surface area (Å²) in [6.07, 6.45) is 0.148. The number of nitrogens with zero attached hydrogens (tertiary/aromatic N) is 1. The van der Waals surface area contributed by atoms with Crippen molar-refractivity contribution in [3.05, 3.63) is 59.7 Å². The molecule has 0 unspecified atom stereocenters. The first-order valence-corrected chi connectivity index (χ1v) is 8.14. The molecule has 2 aromatic carbocycles. The van der Waals surface area contributed by atoms with Crippen molar-refractivity contribution in [1.29, 1.82) is 0 Å². The minimum Gasteiger partial charge on any atom is -0.497 e. The number of aryl methyl sites for hydroxylation is 1. The molecule has 0 aliphatic carbocycles. The maximum absolute atomic E-state index is 12.7. The first kappa shape index (κ1) is 17.9. The summed E-state index contributed by atoms with van der Waals surface area (Å²) in [5, 5.41) is 0. The van der Waals surface area contributed by atoms with Gasteiger partial charge in [-0.25, -0.2) is 0 Å². The standard InChI is InChI=1S/C20H25NO3/c1-5-19(24-18-8-6-7-15(2)13-18)20(22)21(3)14-16-9-11-17(23-4)12-10-16/h6-13,19H,5,14H2,1-4H3/t19-/m1/s1. The maximum atomic E-state index is 12.7. The van der Waals surface area contributed by atoms with E-state index >= 15 is 0 Å². The average Bonchev–Trinajstić information content (AvgIpc) is 2.59. The zero-order valence-corrected chi connectivity index (χ0v) is 14.8. The van der Waals surface area contributed by atoms with E-state index in [-0.39, 0.29) is 5.91 Å². The van der Waals surface area contributed by atoms with Crippen LogP contribution in [-0.2, 0) is 11.3 Å². The van der Waals surface area contributed by atoms with E-state index in [1.54, 1.807) is 19.1 Å². The van der Waals surface area contributed by atoms with Gasteiger partial charge in [0.2, 0.25) is 0 Å². The van der Waals surface area contributed by atoms with Crippen molar-refractivity contribution in [2.24, 2.45) is 0 Å². The number of benzene rings is 2. The number of hydrogen-bond donors (Lipinski definition) is 0. The largest absolute Gasteiger partial charge is 0.497 e. The Morgan fingerprint density at radius 3 is 2.42 bits per heavy atom. The molecule has 0 spiro atoms. The van der Waals surface area contributed by atoms with Gasteiger partial charge in [-0.2, -0.15) is 0 Å². The van der Waals surface area contributed by atoms with Crippen molar-refractivity contribution in [1.82, 2.24) is 4.90 Å². The molecule has 0 aliphatic heterocycles. The third-order valence-corrected chi connectivity index (χ3v) is 3.87. The summed E-state index contributed by atoms with van der Waals surface area (Å²) in [5.41, 5.74) is 2.17. The molecule has 0 heterocycles. The van der Waals surface area contributed by atoms with Crippen molar-refractivity contribution in [2.75, 3.05) is 14.2 Å². The van der Waals surface area contributed by atoms with E-state index in [1.165, 1.54) is 0 Å². The van der Waals surface area contributed by atoms with Crippen LogP contribution in [0.2, 0.25) is 0 Å². The van der Waals surface area contributed by atoms with Gasteiger partial charge in [0.05, 0.1) is 7.11 Å². The van der Waals surface area contributed by atoms with E-state index in [0.29, 0.717) is 13.0 Å². The van der Waals surface area contributed by atoms with Gasteiger partial charge in [0.25, 0.3) is 5.91 Å². The molecule has 4 heteroatoms. The van der Waals surface area contributed by atoms with Gasteiger partial charge >= 0.3 is 0 Å². The van der Waals surface area contributed by atoms with Crippen molar-refractivity contribution in [3.63, 3.8) is 0 Å². The summed E-state index contributed by atoms with van der Waals surface area (Å²) < 4.78 is 11.0. The van der Waals surface area contributed by atoms with Gasteiger partial charge in [0, 0.05) is 13.6 Å². The highest BCUT2D eigenvalue weighted by Crippen LogP contribution is 2.17. The van der Waals surface area contributed by atoms with Crippen molar-refractivity contribution in [2.45, 2.75) is 32.9 Å². The molecule has 0 aliphatic rings. The molecule has 0 fully saturated rings. The first-order chi connectivity index (χ1) is 11.5. The van der Waals surface area contributed by atoms with E-state index in [0.717, 1.165) is 22.6 Å². The second-order valence-electron chi connectivity index (χ2n) is 5.87. The molecule has 2 aromatic rings. The van der Waals surface area contributed by atoms with E-state index in [9.17, 15) is 4.79 Å². The molecule has 0 aromatic heterocycles. The first-order valence-electron chi connectivity index (χ1n) is 8.14. The molecule has 0 saturated heterocycles. The van der Waals surface area contributed by atoms with Gasteiger partial charge in [0.15, 0.2) is 6.10 Å². The van der Waals surface area contributed by atoms with E-state index < -0.39 is 6.10 Å². The fourth-order valence-corrected chi connectivity index (χ4v) is 2.49. The lowest BCUT2D eigenvalue weighted by Gasteiger charge is -2.24. The van der Waals surface area contributed by atoms with Crippen LogP contribution in [-0.4, -0.2) is 31.1 Å². The maximum Gasteiger partial charge on any atom is 0.263 e. The number of ether oxygens (including phenoxy) is 2. The third kappa shape index (κ3) is 4.75. The third-order valence-electron chi connectivity index (χ3n) is 3.87. The zero-order chi connectivity index (χ0) is 17.5. The van der Waals surface area contributed by atoms with Gasteiger partial charge < -0.3 is 14.4 Å². The Bertz CT molecular complexity index is 667. The second kappa shape index (κ2) is 8.39. The normalized spacial score (nSPS) is 11.7. The highest BCUT2D eigenvalue weighted by Gasteiger charge is 2.22. The second-order valence-corrected chi connectivity index (χ2v) is 5.87. The predicted molar refractivity (Wildman–Crippen MR) is 95.4 cm³/mol. The molecular formula is C20H25NO3. The Balaban J connectivity index is 2.00. The molecule has 0 saturated carbocycles. The molecule has 24 heavy (non-hydrogen) atoms. The Morgan fingerprint density at radius 2 is 1.83 bits per heavy atom. The number of carbonyl (C=O) groups excluding carboxylic acids is 1. The van der Waals surface area contributed by atoms with Crippen LogP contribution in [0, 0.1) is 6.92 Å². The lowest BCUT2D eigenvalue weighted by Crippen LogP contribution is -2.39. The van der Waals surface area contributed by atoms with Gasteiger partial charge in [-0.1, -0.05) is 31.2 Å². The summed E-state index contributed by atoms with van der Waals surface area (Å²) in [7, 11) is 3.44. The summed E-state index contributed by atoms with van der Waals surface area (Å²) in [6.45, 7) is 4.50. The lowest BCUT2D eigenvalue weighted by molar-refractivity contribution is -0.138. The Kier molecular flexibility index (Phi) is 6.24. The topological polar surface area (TPSA) is 38.8 Å². The van der Waals surface area contributed by atoms with Crippen molar-refractivity contribution >= 4 is 5.91 Å². The van der Waals surface area contributed by atoms with E-state index in [1.807, 2.05) is 62.4 Å². The molecular weight excluding hydrogens is 302 g/mol. The number of hydrogen-bond acceptors (Lipinski definition) is 3. The van der Waals surface area contributed by atoms with Crippen LogP contribution in [0.5, 0.6) is 11.5 Å². The minimum absolute atomic E-state index is 0.0187. The molecule has 0 N–H and O–H groups in total. The van der Waals surface area contributed by atoms with E-state index in [2.05, 4.69) is 0 Å². The number of rotatable bonds is 7. The van der Waals surface area contributed by atoms with Crippen LogP contribution in [0.1, 0.15) is 24.5 Å². The highest BCUT2D eigenvalue weighted by molar-refractivity contribution is 5.81. The quantitative estimate of drug-likeness (QED) is 0.776. The van der Waals surface area contributed by atoms with Gasteiger partial charge in [-0.3, -0.25) is 4.79 Å². The number of methoxy groups -OCH3 is 1. The minimum atomic E-state index is -0.477. The summed E-state index contributed by atoms with van der Waals surface area (Å²) >= 11 is 0. The number of likely N-dealkylation sites (N-methyl/N-ethyl adjacent to an activating group) is 1. The summed E-state index contributed by atoms with van der Waals surface area (Å²) in [4.78, 5) is 14.4. The van der Waals surface area contributed by atoms with Gasteiger partial charge in [0.1, 0.15) is 11.5 Å². The Morgan fingerprint density at radius 1 is 1.12 bits per heavy atom. The summed E-state index contributed by atoms with van der Waals surface area (Å²) in [6, 6.07) is 15.5. The Labute approximate surface area is 144 Å². The van der Waals surface area contributed by atoms with Crippen LogP contribution in [0.15, 0.2) is 48.5 Å². The van der Waals surface area contributed by atoms with Crippen molar-refractivity contribution in [3.8, 4) is 11.5 Å². The zero-order valence-electron chi connectivity index (χ0n) is 14.8. The van der Waals surface area contributed by atoms with Crippen LogP contribution in [0.4, 0.5) is 0 Å². The molecule has 1 atom stereocenters.